The van der Waals surface area contributed by atoms with Crippen LogP contribution < -0.4 is 0 Å². The van der Waals surface area contributed by atoms with Crippen molar-refractivity contribution in [2.24, 2.45) is 0 Å². The van der Waals surface area contributed by atoms with Crippen molar-refractivity contribution in [1.29, 1.82) is 0 Å². The van der Waals surface area contributed by atoms with E-state index in [1.54, 1.807) is 4.90 Å². The van der Waals surface area contributed by atoms with E-state index in [1.165, 1.54) is 0 Å². The molecule has 0 aromatic carbocycles. The van der Waals surface area contributed by atoms with Crippen molar-refractivity contribution in [3.05, 3.63) is 0 Å². The van der Waals surface area contributed by atoms with E-state index in [0.717, 1.165) is 19.3 Å². The molecular weight excluding hydrogens is 249 g/mol. The average molecular weight is 275 g/mol. The summed E-state index contributed by atoms with van der Waals surface area (Å²) in [6.07, 6.45) is 2.68. The Morgan fingerprint density at radius 3 is 2.39 bits per heavy atom. The van der Waals surface area contributed by atoms with Crippen LogP contribution in [0.25, 0.3) is 0 Å². The zero-order valence-corrected chi connectivity index (χ0v) is 13.1. The van der Waals surface area contributed by atoms with Crippen LogP contribution in [-0.4, -0.2) is 48.7 Å². The van der Waals surface area contributed by atoms with Gasteiger partial charge in [0.2, 0.25) is 0 Å². The smallest absolute Gasteiger partial charge is 0.410 e. The Labute approximate surface area is 110 Å². The second-order valence-electron chi connectivity index (χ2n) is 6.51. The van der Waals surface area contributed by atoms with Crippen molar-refractivity contribution in [3.8, 4) is 0 Å². The van der Waals surface area contributed by atoms with E-state index >= 15 is 0 Å². The maximum absolute atomic E-state index is 12.2. The fourth-order valence-electron chi connectivity index (χ4n) is 2.12. The molecular formula is C13H26NO3P. The SMILES string of the molecule is CC(C)(C)OC(=O)N1CCCCC(P(C)(C)=O)C1. The molecule has 1 heterocycles. The third-order valence-electron chi connectivity index (χ3n) is 3.18. The third kappa shape index (κ3) is 5.01. The molecule has 1 atom stereocenters. The fraction of sp³-hybridized carbons (Fsp3) is 0.923. The van der Waals surface area contributed by atoms with Crippen molar-refractivity contribution in [2.45, 2.75) is 51.3 Å². The maximum atomic E-state index is 12.2. The van der Waals surface area contributed by atoms with Gasteiger partial charge in [-0.3, -0.25) is 0 Å². The highest BCUT2D eigenvalue weighted by atomic mass is 31.2. The summed E-state index contributed by atoms with van der Waals surface area (Å²) in [5, 5.41) is 0. The molecule has 18 heavy (non-hydrogen) atoms. The number of nitrogens with zero attached hydrogens (tertiary/aromatic N) is 1. The largest absolute Gasteiger partial charge is 0.444 e. The molecule has 1 unspecified atom stereocenters. The van der Waals surface area contributed by atoms with Gasteiger partial charge in [0.25, 0.3) is 0 Å². The second-order valence-corrected chi connectivity index (χ2v) is 10.1. The maximum Gasteiger partial charge on any atom is 0.410 e. The Bertz CT molecular complexity index is 343. The van der Waals surface area contributed by atoms with Gasteiger partial charge >= 0.3 is 6.09 Å². The molecule has 1 aliphatic rings. The summed E-state index contributed by atoms with van der Waals surface area (Å²) in [6, 6.07) is 0. The van der Waals surface area contributed by atoms with Gasteiger partial charge < -0.3 is 14.2 Å². The average Bonchev–Trinajstić information content (AvgIpc) is 2.38. The summed E-state index contributed by atoms with van der Waals surface area (Å²) >= 11 is 0. The molecule has 1 saturated heterocycles. The van der Waals surface area contributed by atoms with E-state index in [2.05, 4.69) is 0 Å². The van der Waals surface area contributed by atoms with Crippen molar-refractivity contribution in [2.75, 3.05) is 26.4 Å². The molecule has 5 heteroatoms. The summed E-state index contributed by atoms with van der Waals surface area (Å²) < 4.78 is 17.6. The summed E-state index contributed by atoms with van der Waals surface area (Å²) in [6.45, 7) is 10.5. The summed E-state index contributed by atoms with van der Waals surface area (Å²) in [5.41, 5.74) is -0.353. The number of carbonyl (C=O) groups excluding carboxylic acids is 1. The first-order chi connectivity index (χ1) is 8.09. The molecule has 0 aliphatic carbocycles. The van der Waals surface area contributed by atoms with E-state index < -0.39 is 12.7 Å². The quantitative estimate of drug-likeness (QED) is 0.689. The number of likely N-dealkylation sites (tertiary alicyclic amines) is 1. The van der Waals surface area contributed by atoms with Crippen LogP contribution in [0.2, 0.25) is 0 Å². The Hall–Kier alpha value is -0.500. The van der Waals surface area contributed by atoms with Gasteiger partial charge in [-0.25, -0.2) is 4.79 Å². The van der Waals surface area contributed by atoms with Crippen LogP contribution in [0.5, 0.6) is 0 Å². The first-order valence-electron chi connectivity index (χ1n) is 6.62. The van der Waals surface area contributed by atoms with Crippen molar-refractivity contribution < 1.29 is 14.1 Å². The lowest BCUT2D eigenvalue weighted by atomic mass is 10.2. The van der Waals surface area contributed by atoms with Crippen molar-refractivity contribution in [3.63, 3.8) is 0 Å². The van der Waals surface area contributed by atoms with Crippen molar-refractivity contribution in [1.82, 2.24) is 4.90 Å². The number of amides is 1. The lowest BCUT2D eigenvalue weighted by Crippen LogP contribution is -2.40. The number of hydrogen-bond acceptors (Lipinski definition) is 3. The van der Waals surface area contributed by atoms with Crippen LogP contribution in [0.15, 0.2) is 0 Å². The van der Waals surface area contributed by atoms with Gasteiger partial charge in [-0.15, -0.1) is 0 Å². The normalized spacial score (nSPS) is 22.5. The molecule has 0 saturated carbocycles. The topological polar surface area (TPSA) is 46.6 Å². The van der Waals surface area contributed by atoms with Crippen molar-refractivity contribution >= 4 is 13.2 Å². The molecule has 1 amide bonds. The predicted octanol–water partition coefficient (Wildman–Crippen LogP) is 3.40. The zero-order chi connectivity index (χ0) is 14.0. The Balaban J connectivity index is 2.70. The number of ether oxygens (including phenoxy) is 1. The molecule has 0 bridgehead atoms. The lowest BCUT2D eigenvalue weighted by molar-refractivity contribution is 0.0258. The highest BCUT2D eigenvalue weighted by Gasteiger charge is 2.31. The Morgan fingerprint density at radius 1 is 1.28 bits per heavy atom. The van der Waals surface area contributed by atoms with E-state index in [9.17, 15) is 9.36 Å². The second kappa shape index (κ2) is 5.64. The van der Waals surface area contributed by atoms with Crippen LogP contribution >= 0.6 is 7.14 Å². The van der Waals surface area contributed by atoms with Gasteiger partial charge in [0.1, 0.15) is 5.60 Å². The monoisotopic (exact) mass is 275 g/mol. The fourth-order valence-corrected chi connectivity index (χ4v) is 3.51. The molecule has 4 nitrogen and oxygen atoms in total. The van der Waals surface area contributed by atoms with Gasteiger partial charge in [-0.2, -0.15) is 0 Å². The van der Waals surface area contributed by atoms with Gasteiger partial charge in [-0.1, -0.05) is 6.42 Å². The lowest BCUT2D eigenvalue weighted by Gasteiger charge is -2.29. The summed E-state index contributed by atoms with van der Waals surface area (Å²) in [5.74, 6) is 0. The number of carbonyl (C=O) groups is 1. The van der Waals surface area contributed by atoms with Crippen LogP contribution in [0.3, 0.4) is 0 Å². The van der Waals surface area contributed by atoms with Gasteiger partial charge in [0, 0.05) is 18.7 Å². The molecule has 106 valence electrons. The third-order valence-corrected chi connectivity index (χ3v) is 5.36. The number of rotatable bonds is 1. The summed E-state index contributed by atoms with van der Waals surface area (Å²) in [7, 11) is -2.15. The van der Waals surface area contributed by atoms with E-state index in [0.29, 0.717) is 13.1 Å². The van der Waals surface area contributed by atoms with Gasteiger partial charge in [0.05, 0.1) is 7.14 Å². The van der Waals surface area contributed by atoms with E-state index in [1.807, 2.05) is 34.1 Å². The van der Waals surface area contributed by atoms with E-state index in [4.69, 9.17) is 4.74 Å². The minimum absolute atomic E-state index is 0.118. The minimum atomic E-state index is -2.15. The zero-order valence-electron chi connectivity index (χ0n) is 12.2. The van der Waals surface area contributed by atoms with Gasteiger partial charge in [0.15, 0.2) is 0 Å². The van der Waals surface area contributed by atoms with Crippen LogP contribution in [-0.2, 0) is 9.30 Å². The first kappa shape index (κ1) is 15.6. The van der Waals surface area contributed by atoms with Crippen LogP contribution in [0, 0.1) is 0 Å². The number of hydrogen-bond donors (Lipinski definition) is 0. The van der Waals surface area contributed by atoms with Crippen LogP contribution in [0.4, 0.5) is 4.79 Å². The molecule has 0 aromatic heterocycles. The molecule has 0 N–H and O–H groups in total. The van der Waals surface area contributed by atoms with E-state index in [-0.39, 0.29) is 11.8 Å². The summed E-state index contributed by atoms with van der Waals surface area (Å²) in [4.78, 5) is 13.8. The Kier molecular flexibility index (Phi) is 4.88. The molecule has 1 rings (SSSR count). The highest BCUT2D eigenvalue weighted by Crippen LogP contribution is 2.45. The molecule has 1 fully saturated rings. The van der Waals surface area contributed by atoms with Crippen LogP contribution in [0.1, 0.15) is 40.0 Å². The highest BCUT2D eigenvalue weighted by molar-refractivity contribution is 7.63. The van der Waals surface area contributed by atoms with Gasteiger partial charge in [-0.05, 0) is 46.9 Å². The Morgan fingerprint density at radius 2 is 1.89 bits per heavy atom. The molecule has 1 aliphatic heterocycles. The molecule has 0 aromatic rings. The minimum Gasteiger partial charge on any atom is -0.444 e. The molecule has 0 radical (unpaired) electrons. The predicted molar refractivity (Wildman–Crippen MR) is 74.9 cm³/mol. The first-order valence-corrected chi connectivity index (χ1v) is 9.29. The standard InChI is InChI=1S/C13H26NO3P/c1-13(2,3)17-12(15)14-9-7-6-8-11(10-14)18(4,5)16/h11H,6-10H2,1-5H3. The molecule has 0 spiro atoms.